The van der Waals surface area contributed by atoms with E-state index in [2.05, 4.69) is 0 Å². The van der Waals surface area contributed by atoms with Gasteiger partial charge in [0.1, 0.15) is 17.5 Å². The first-order valence-electron chi connectivity index (χ1n) is 6.22. The lowest BCUT2D eigenvalue weighted by Gasteiger charge is -2.23. The van der Waals surface area contributed by atoms with E-state index in [4.69, 9.17) is 17.3 Å². The lowest BCUT2D eigenvalue weighted by atomic mass is 9.88. The van der Waals surface area contributed by atoms with Gasteiger partial charge in [-0.3, -0.25) is 0 Å². The Kier molecular flexibility index (Phi) is 4.88. The molecule has 21 heavy (non-hydrogen) atoms. The van der Waals surface area contributed by atoms with E-state index in [0.29, 0.717) is 6.07 Å². The Labute approximate surface area is 125 Å². The van der Waals surface area contributed by atoms with Crippen LogP contribution in [0.4, 0.5) is 13.2 Å². The third-order valence-corrected chi connectivity index (χ3v) is 3.56. The van der Waals surface area contributed by atoms with Gasteiger partial charge in [-0.2, -0.15) is 0 Å². The number of halogens is 4. The van der Waals surface area contributed by atoms with E-state index in [0.717, 1.165) is 12.1 Å². The van der Waals surface area contributed by atoms with Crippen LogP contribution >= 0.6 is 11.6 Å². The number of nitrogens with two attached hydrogens (primary N) is 1. The molecule has 0 aliphatic heterocycles. The molecule has 2 rings (SSSR count). The van der Waals surface area contributed by atoms with E-state index in [1.165, 1.54) is 18.2 Å². The van der Waals surface area contributed by atoms with Crippen LogP contribution < -0.4 is 5.73 Å². The lowest BCUT2D eigenvalue weighted by Crippen LogP contribution is -2.22. The quantitative estimate of drug-likeness (QED) is 0.906. The Morgan fingerprint density at radius 2 is 1.71 bits per heavy atom. The monoisotopic (exact) mass is 315 g/mol. The summed E-state index contributed by atoms with van der Waals surface area (Å²) < 4.78 is 40.4. The normalized spacial score (nSPS) is 14.0. The van der Waals surface area contributed by atoms with Crippen molar-refractivity contribution in [1.29, 1.82) is 0 Å². The second-order valence-electron chi connectivity index (χ2n) is 4.63. The van der Waals surface area contributed by atoms with Gasteiger partial charge in [0.15, 0.2) is 0 Å². The molecule has 0 aliphatic rings. The highest BCUT2D eigenvalue weighted by atomic mass is 35.5. The zero-order valence-electron chi connectivity index (χ0n) is 10.9. The molecule has 0 saturated heterocycles. The van der Waals surface area contributed by atoms with Gasteiger partial charge in [-0.25, -0.2) is 13.2 Å². The predicted octanol–water partition coefficient (Wildman–Crippen LogP) is 3.53. The van der Waals surface area contributed by atoms with Crippen molar-refractivity contribution in [3.05, 3.63) is 70.0 Å². The van der Waals surface area contributed by atoms with E-state index < -0.39 is 29.5 Å². The fourth-order valence-electron chi connectivity index (χ4n) is 2.25. The maximum atomic E-state index is 13.9. The molecule has 2 atom stereocenters. The smallest absolute Gasteiger partial charge is 0.128 e. The summed E-state index contributed by atoms with van der Waals surface area (Å²) >= 11 is 5.94. The van der Waals surface area contributed by atoms with E-state index in [-0.39, 0.29) is 22.7 Å². The molecule has 0 saturated carbocycles. The average Bonchev–Trinajstić information content (AvgIpc) is 2.41. The summed E-state index contributed by atoms with van der Waals surface area (Å²) in [5.74, 6) is -3.22. The largest absolute Gasteiger partial charge is 0.388 e. The Morgan fingerprint density at radius 1 is 1.10 bits per heavy atom. The minimum atomic E-state index is -1.38. The van der Waals surface area contributed by atoms with Crippen molar-refractivity contribution in [1.82, 2.24) is 0 Å². The molecule has 2 aromatic rings. The Bertz CT molecular complexity index is 610. The Balaban J connectivity index is 2.45. The molecule has 0 aromatic heterocycles. The van der Waals surface area contributed by atoms with Gasteiger partial charge in [0.2, 0.25) is 0 Å². The van der Waals surface area contributed by atoms with Crippen molar-refractivity contribution in [2.45, 2.75) is 12.0 Å². The third kappa shape index (κ3) is 3.37. The van der Waals surface area contributed by atoms with Crippen molar-refractivity contribution in [2.75, 3.05) is 6.54 Å². The average molecular weight is 316 g/mol. The zero-order valence-corrected chi connectivity index (χ0v) is 11.6. The van der Waals surface area contributed by atoms with E-state index in [1.807, 2.05) is 0 Å². The Hall–Kier alpha value is -1.56. The van der Waals surface area contributed by atoms with Crippen molar-refractivity contribution in [2.24, 2.45) is 5.73 Å². The number of hydrogen-bond donors (Lipinski definition) is 2. The number of aliphatic hydroxyl groups is 1. The van der Waals surface area contributed by atoms with Crippen LogP contribution in [-0.4, -0.2) is 11.7 Å². The number of aliphatic hydroxyl groups excluding tert-OH is 1. The molecule has 0 amide bonds. The molecule has 0 heterocycles. The summed E-state index contributed by atoms with van der Waals surface area (Å²) in [6, 6.07) is 6.70. The fourth-order valence-corrected chi connectivity index (χ4v) is 2.55. The molecular weight excluding hydrogens is 303 g/mol. The molecule has 0 fully saturated rings. The lowest BCUT2D eigenvalue weighted by molar-refractivity contribution is 0.145. The zero-order chi connectivity index (χ0) is 15.6. The summed E-state index contributed by atoms with van der Waals surface area (Å²) in [5.41, 5.74) is 5.59. The van der Waals surface area contributed by atoms with Crippen LogP contribution in [0.2, 0.25) is 5.02 Å². The first kappa shape index (κ1) is 15.8. The molecule has 0 aliphatic carbocycles. The topological polar surface area (TPSA) is 46.2 Å². The van der Waals surface area contributed by atoms with Gasteiger partial charge in [-0.05, 0) is 29.8 Å². The van der Waals surface area contributed by atoms with Crippen LogP contribution in [0.15, 0.2) is 36.4 Å². The molecule has 2 unspecified atom stereocenters. The second kappa shape index (κ2) is 6.47. The molecular formula is C15H13ClF3NO. The summed E-state index contributed by atoms with van der Waals surface area (Å²) in [6.45, 7) is -0.139. The van der Waals surface area contributed by atoms with Crippen LogP contribution in [-0.2, 0) is 0 Å². The van der Waals surface area contributed by atoms with Gasteiger partial charge < -0.3 is 10.8 Å². The maximum absolute atomic E-state index is 13.9. The van der Waals surface area contributed by atoms with Crippen molar-refractivity contribution < 1.29 is 18.3 Å². The molecule has 0 spiro atoms. The molecule has 0 radical (unpaired) electrons. The molecule has 2 aromatic carbocycles. The van der Waals surface area contributed by atoms with Gasteiger partial charge in [0.25, 0.3) is 0 Å². The van der Waals surface area contributed by atoms with Gasteiger partial charge in [0, 0.05) is 29.1 Å². The van der Waals surface area contributed by atoms with Gasteiger partial charge >= 0.3 is 0 Å². The summed E-state index contributed by atoms with van der Waals surface area (Å²) in [6.07, 6.45) is -1.38. The number of benzene rings is 2. The first-order valence-corrected chi connectivity index (χ1v) is 6.60. The van der Waals surface area contributed by atoms with Gasteiger partial charge in [-0.15, -0.1) is 0 Å². The van der Waals surface area contributed by atoms with Crippen molar-refractivity contribution in [3.8, 4) is 0 Å². The minimum Gasteiger partial charge on any atom is -0.388 e. The van der Waals surface area contributed by atoms with E-state index >= 15 is 0 Å². The highest BCUT2D eigenvalue weighted by molar-refractivity contribution is 6.31. The van der Waals surface area contributed by atoms with Crippen molar-refractivity contribution in [3.63, 3.8) is 0 Å². The van der Waals surface area contributed by atoms with Crippen LogP contribution in [0.3, 0.4) is 0 Å². The highest BCUT2D eigenvalue weighted by Crippen LogP contribution is 2.36. The summed E-state index contributed by atoms with van der Waals surface area (Å²) in [4.78, 5) is 0. The van der Waals surface area contributed by atoms with Crippen molar-refractivity contribution >= 4 is 11.6 Å². The molecule has 3 N–H and O–H groups in total. The van der Waals surface area contributed by atoms with Crippen LogP contribution in [0.5, 0.6) is 0 Å². The second-order valence-corrected chi connectivity index (χ2v) is 5.03. The predicted molar refractivity (Wildman–Crippen MR) is 74.5 cm³/mol. The first-order chi connectivity index (χ1) is 9.93. The Morgan fingerprint density at radius 3 is 2.24 bits per heavy atom. The molecule has 0 bridgehead atoms. The summed E-state index contributed by atoms with van der Waals surface area (Å²) in [7, 11) is 0. The van der Waals surface area contributed by atoms with E-state index in [9.17, 15) is 18.3 Å². The van der Waals surface area contributed by atoms with E-state index in [1.54, 1.807) is 0 Å². The summed E-state index contributed by atoms with van der Waals surface area (Å²) in [5, 5.41) is 10.4. The fraction of sp³-hybridized carbons (Fsp3) is 0.200. The van der Waals surface area contributed by atoms with Crippen LogP contribution in [0.1, 0.15) is 23.1 Å². The minimum absolute atomic E-state index is 0.0257. The standard InChI is InChI=1S/C15H13ClF3NO/c16-12-2-1-3-13(19)14(12)11(7-20)15(21)8-4-9(17)6-10(18)5-8/h1-6,11,15,21H,7,20H2. The third-order valence-electron chi connectivity index (χ3n) is 3.23. The van der Waals surface area contributed by atoms with Gasteiger partial charge in [0.05, 0.1) is 6.10 Å². The van der Waals surface area contributed by atoms with Crippen LogP contribution in [0.25, 0.3) is 0 Å². The maximum Gasteiger partial charge on any atom is 0.128 e. The molecule has 2 nitrogen and oxygen atoms in total. The number of rotatable bonds is 4. The van der Waals surface area contributed by atoms with Gasteiger partial charge in [-0.1, -0.05) is 17.7 Å². The number of hydrogen-bond acceptors (Lipinski definition) is 2. The SMILES string of the molecule is NCC(c1c(F)cccc1Cl)C(O)c1cc(F)cc(F)c1. The molecule has 6 heteroatoms. The van der Waals surface area contributed by atoms with Crippen LogP contribution in [0, 0.1) is 17.5 Å². The molecule has 112 valence electrons. The highest BCUT2D eigenvalue weighted by Gasteiger charge is 2.27.